The lowest BCUT2D eigenvalue weighted by Gasteiger charge is -2.41. The fourth-order valence-electron chi connectivity index (χ4n) is 1.41. The van der Waals surface area contributed by atoms with Crippen LogP contribution in [0.25, 0.3) is 0 Å². The molecule has 0 unspecified atom stereocenters. The predicted octanol–water partition coefficient (Wildman–Crippen LogP) is 4.64. The van der Waals surface area contributed by atoms with Gasteiger partial charge in [0.15, 0.2) is 0 Å². The predicted molar refractivity (Wildman–Crippen MR) is 56.8 cm³/mol. The minimum atomic E-state index is -8.43. The van der Waals surface area contributed by atoms with Crippen LogP contribution in [0.4, 0.5) is 65.9 Å². The van der Waals surface area contributed by atoms with Gasteiger partial charge in [0.25, 0.3) is 10.1 Å². The monoisotopic (exact) mass is 478 g/mol. The van der Waals surface area contributed by atoms with E-state index in [9.17, 15) is 74.3 Å². The van der Waals surface area contributed by atoms with Crippen LogP contribution in [-0.2, 0) is 10.1 Å². The Balaban J connectivity index is 6.39. The third-order valence-corrected chi connectivity index (χ3v) is 3.79. The maximum atomic E-state index is 13.1. The van der Waals surface area contributed by atoms with Crippen molar-refractivity contribution in [1.82, 2.24) is 0 Å². The van der Waals surface area contributed by atoms with E-state index < -0.39 is 64.0 Å². The lowest BCUT2D eigenvalue weighted by atomic mass is 9.90. The lowest BCUT2D eigenvalue weighted by molar-refractivity contribution is -0.452. The second-order valence-electron chi connectivity index (χ2n) is 5.11. The Kier molecular flexibility index (Phi) is 6.42. The minimum absolute atomic E-state index is 2.52. The van der Waals surface area contributed by atoms with E-state index in [1.807, 2.05) is 0 Å². The normalized spacial score (nSPS) is 16.4. The molecule has 0 bridgehead atoms. The highest BCUT2D eigenvalue weighted by Crippen LogP contribution is 2.62. The molecule has 0 aromatic carbocycles. The van der Waals surface area contributed by atoms with Crippen molar-refractivity contribution < 1.29 is 78.8 Å². The quantitative estimate of drug-likeness (QED) is 0.409. The molecule has 0 amide bonds. The molecular weight excluding hydrogens is 473 g/mol. The highest BCUT2D eigenvalue weighted by Gasteiger charge is 2.93. The highest BCUT2D eigenvalue weighted by atomic mass is 32.2. The standard InChI is InChI=1S/C9H5F15O3S/c10-3(11,1-2-28(25,26)27)4(12,13)5(14,15)6(16,17)7(18,19)8(20,21)9(22,23)24/h1-2H2,(H,25,26,27). The van der Waals surface area contributed by atoms with Gasteiger partial charge in [-0.1, -0.05) is 0 Å². The molecule has 0 rings (SSSR count). The average molecular weight is 478 g/mol. The zero-order chi connectivity index (χ0) is 23.4. The third-order valence-electron chi connectivity index (χ3n) is 3.07. The summed E-state index contributed by atoms with van der Waals surface area (Å²) in [5.41, 5.74) is 0. The van der Waals surface area contributed by atoms with Crippen LogP contribution in [0.1, 0.15) is 6.42 Å². The summed E-state index contributed by atoms with van der Waals surface area (Å²) < 4.78 is 219. The molecule has 170 valence electrons. The summed E-state index contributed by atoms with van der Waals surface area (Å²) in [6.07, 6.45) is -10.8. The van der Waals surface area contributed by atoms with Crippen molar-refractivity contribution in [1.29, 1.82) is 0 Å². The second-order valence-corrected chi connectivity index (χ2v) is 6.68. The van der Waals surface area contributed by atoms with Gasteiger partial charge in [-0.2, -0.15) is 74.3 Å². The Morgan fingerprint density at radius 1 is 0.536 bits per heavy atom. The molecule has 28 heavy (non-hydrogen) atoms. The summed E-state index contributed by atoms with van der Waals surface area (Å²) in [6, 6.07) is 0. The molecule has 0 spiro atoms. The fraction of sp³-hybridized carbons (Fsp3) is 1.00. The van der Waals surface area contributed by atoms with Gasteiger partial charge in [-0.3, -0.25) is 4.55 Å². The molecule has 3 nitrogen and oxygen atoms in total. The third kappa shape index (κ3) is 3.95. The van der Waals surface area contributed by atoms with Gasteiger partial charge in [0.1, 0.15) is 0 Å². The summed E-state index contributed by atoms with van der Waals surface area (Å²) in [4.78, 5) is 0. The van der Waals surface area contributed by atoms with Gasteiger partial charge in [0.05, 0.1) is 5.75 Å². The van der Waals surface area contributed by atoms with Crippen molar-refractivity contribution >= 4 is 10.1 Å². The number of rotatable bonds is 8. The SMILES string of the molecule is O=S(=O)(O)CCC(F)(F)C(F)(F)C(F)(F)C(F)(F)C(F)(F)C(F)(F)C(F)(F)F. The highest BCUT2D eigenvalue weighted by molar-refractivity contribution is 7.85. The maximum Gasteiger partial charge on any atom is 0.460 e. The molecule has 0 heterocycles. The van der Waals surface area contributed by atoms with E-state index in [1.54, 1.807) is 0 Å². The number of hydrogen-bond donors (Lipinski definition) is 1. The van der Waals surface area contributed by atoms with Gasteiger partial charge < -0.3 is 0 Å². The first-order chi connectivity index (χ1) is 11.7. The molecule has 0 fully saturated rings. The minimum Gasteiger partial charge on any atom is -0.286 e. The van der Waals surface area contributed by atoms with E-state index in [2.05, 4.69) is 0 Å². The molecule has 0 aliphatic rings. The van der Waals surface area contributed by atoms with E-state index in [4.69, 9.17) is 4.55 Å². The topological polar surface area (TPSA) is 54.4 Å². The maximum absolute atomic E-state index is 13.1. The van der Waals surface area contributed by atoms with Gasteiger partial charge in [0.2, 0.25) is 0 Å². The van der Waals surface area contributed by atoms with Crippen LogP contribution in [0.2, 0.25) is 0 Å². The van der Waals surface area contributed by atoms with Crippen molar-refractivity contribution in [3.05, 3.63) is 0 Å². The summed E-state index contributed by atoms with van der Waals surface area (Å²) in [7, 11) is -5.63. The Morgan fingerprint density at radius 2 is 0.821 bits per heavy atom. The number of alkyl halides is 15. The van der Waals surface area contributed by atoms with Gasteiger partial charge in [-0.15, -0.1) is 0 Å². The molecular formula is C9H5F15O3S. The summed E-state index contributed by atoms with van der Waals surface area (Å²) in [5, 5.41) is 0. The van der Waals surface area contributed by atoms with Crippen molar-refractivity contribution in [3.8, 4) is 0 Å². The molecule has 0 saturated carbocycles. The zero-order valence-corrected chi connectivity index (χ0v) is 13.1. The van der Waals surface area contributed by atoms with Crippen molar-refractivity contribution in [2.75, 3.05) is 5.75 Å². The van der Waals surface area contributed by atoms with E-state index in [0.717, 1.165) is 0 Å². The fourth-order valence-corrected chi connectivity index (χ4v) is 1.93. The summed E-state index contributed by atoms with van der Waals surface area (Å²) in [5.74, 6) is -50.1. The van der Waals surface area contributed by atoms with Gasteiger partial charge in [-0.05, 0) is 0 Å². The van der Waals surface area contributed by atoms with Crippen LogP contribution < -0.4 is 0 Å². The zero-order valence-electron chi connectivity index (χ0n) is 12.3. The first kappa shape index (κ1) is 26.9. The second kappa shape index (κ2) is 6.69. The van der Waals surface area contributed by atoms with E-state index in [-0.39, 0.29) is 0 Å². The largest absolute Gasteiger partial charge is 0.460 e. The van der Waals surface area contributed by atoms with Gasteiger partial charge in [0, 0.05) is 6.42 Å². The number of hydrogen-bond acceptors (Lipinski definition) is 2. The molecule has 0 saturated heterocycles. The average Bonchev–Trinajstić information content (AvgIpc) is 2.42. The lowest BCUT2D eigenvalue weighted by Crippen LogP contribution is -2.72. The Bertz CT molecular complexity index is 677. The van der Waals surface area contributed by atoms with Crippen LogP contribution in [0.5, 0.6) is 0 Å². The molecule has 0 aromatic heterocycles. The van der Waals surface area contributed by atoms with Crippen LogP contribution >= 0.6 is 0 Å². The van der Waals surface area contributed by atoms with Crippen LogP contribution in [-0.4, -0.2) is 60.4 Å². The first-order valence-electron chi connectivity index (χ1n) is 5.99. The van der Waals surface area contributed by atoms with Crippen molar-refractivity contribution in [2.24, 2.45) is 0 Å². The van der Waals surface area contributed by atoms with Crippen molar-refractivity contribution in [2.45, 2.75) is 48.1 Å². The van der Waals surface area contributed by atoms with Gasteiger partial charge in [-0.25, -0.2) is 0 Å². The summed E-state index contributed by atoms with van der Waals surface area (Å²) in [6.45, 7) is 0. The first-order valence-corrected chi connectivity index (χ1v) is 7.60. The molecule has 0 atom stereocenters. The Labute approximate surface area is 144 Å². The van der Waals surface area contributed by atoms with Crippen molar-refractivity contribution in [3.63, 3.8) is 0 Å². The summed E-state index contributed by atoms with van der Waals surface area (Å²) >= 11 is 0. The molecule has 0 aliphatic carbocycles. The van der Waals surface area contributed by atoms with Crippen LogP contribution in [0.15, 0.2) is 0 Å². The molecule has 0 aliphatic heterocycles. The molecule has 19 heteroatoms. The van der Waals surface area contributed by atoms with Crippen LogP contribution in [0, 0.1) is 0 Å². The molecule has 0 aromatic rings. The van der Waals surface area contributed by atoms with E-state index in [1.165, 1.54) is 0 Å². The smallest absolute Gasteiger partial charge is 0.286 e. The molecule has 0 radical (unpaired) electrons. The van der Waals surface area contributed by atoms with E-state index in [0.29, 0.717) is 0 Å². The van der Waals surface area contributed by atoms with E-state index >= 15 is 0 Å². The van der Waals surface area contributed by atoms with Crippen LogP contribution in [0.3, 0.4) is 0 Å². The van der Waals surface area contributed by atoms with Gasteiger partial charge >= 0.3 is 41.7 Å². The molecule has 1 N–H and O–H groups in total. The Hall–Kier alpha value is -1.14. The Morgan fingerprint density at radius 3 is 1.11 bits per heavy atom. The number of halogens is 15.